The third-order valence-corrected chi connectivity index (χ3v) is 6.84. The number of aryl methyl sites for hydroxylation is 1. The Hall–Kier alpha value is -3.14. The number of aromatic nitrogens is 7. The molecule has 0 amide bonds. The number of rotatable bonds is 5. The van der Waals surface area contributed by atoms with E-state index in [4.69, 9.17) is 0 Å². The molecule has 10 nitrogen and oxygen atoms in total. The number of phenols is 1. The predicted molar refractivity (Wildman–Crippen MR) is 118 cm³/mol. The van der Waals surface area contributed by atoms with Crippen LogP contribution in [-0.4, -0.2) is 64.7 Å². The number of nitrogens with one attached hydrogen (secondary N) is 1. The fourth-order valence-corrected chi connectivity index (χ4v) is 5.26. The molecule has 1 aliphatic carbocycles. The molecule has 32 heavy (non-hydrogen) atoms. The minimum absolute atomic E-state index is 0.0646. The van der Waals surface area contributed by atoms with Crippen molar-refractivity contribution in [3.63, 3.8) is 0 Å². The van der Waals surface area contributed by atoms with Gasteiger partial charge < -0.3 is 15.3 Å². The highest BCUT2D eigenvalue weighted by Gasteiger charge is 2.40. The number of nitrogens with zero attached hydrogens (tertiary/aromatic N) is 8. The summed E-state index contributed by atoms with van der Waals surface area (Å²) in [4.78, 5) is 8.43. The maximum absolute atomic E-state index is 10.6. The summed E-state index contributed by atoms with van der Waals surface area (Å²) in [6.45, 7) is 0. The molecular formula is C22H27N9O. The highest BCUT2D eigenvalue weighted by Crippen LogP contribution is 2.38. The number of hydrogen-bond acceptors (Lipinski definition) is 9. The van der Waals surface area contributed by atoms with Gasteiger partial charge in [0.25, 0.3) is 0 Å². The van der Waals surface area contributed by atoms with E-state index in [0.717, 1.165) is 18.7 Å². The Bertz CT molecular complexity index is 1100. The molecule has 4 heterocycles. The highest BCUT2D eigenvalue weighted by atomic mass is 16.3. The van der Waals surface area contributed by atoms with Crippen LogP contribution in [0.15, 0.2) is 24.4 Å². The predicted octanol–water partition coefficient (Wildman–Crippen LogP) is 2.08. The lowest BCUT2D eigenvalue weighted by Gasteiger charge is -2.45. The van der Waals surface area contributed by atoms with Gasteiger partial charge in [0.15, 0.2) is 11.6 Å². The van der Waals surface area contributed by atoms with Crippen LogP contribution in [0.2, 0.25) is 0 Å². The molecule has 2 bridgehead atoms. The van der Waals surface area contributed by atoms with Gasteiger partial charge in [0.2, 0.25) is 5.82 Å². The number of tetrazole rings is 1. The summed E-state index contributed by atoms with van der Waals surface area (Å²) in [6.07, 6.45) is 10.4. The second-order valence-electron chi connectivity index (χ2n) is 9.23. The fraction of sp³-hybridized carbons (Fsp3) is 0.545. The Balaban J connectivity index is 1.24. The molecule has 2 saturated heterocycles. The van der Waals surface area contributed by atoms with E-state index in [1.807, 2.05) is 12.3 Å². The molecule has 3 fully saturated rings. The SMILES string of the molecule is Cn1nnc(-c2ccc(-c3ncc(N(C4CC4)C4C[C@H]5CCC[C@@H](C4)N5)nn3)c(O)c2)n1. The zero-order chi connectivity index (χ0) is 21.7. The van der Waals surface area contributed by atoms with Gasteiger partial charge in [-0.3, -0.25) is 0 Å². The molecule has 3 aliphatic rings. The highest BCUT2D eigenvalue weighted by molar-refractivity contribution is 5.69. The molecule has 3 aromatic rings. The van der Waals surface area contributed by atoms with E-state index in [1.165, 1.54) is 36.9 Å². The first-order chi connectivity index (χ1) is 15.6. The van der Waals surface area contributed by atoms with Crippen LogP contribution in [0.3, 0.4) is 0 Å². The van der Waals surface area contributed by atoms with Gasteiger partial charge in [-0.25, -0.2) is 4.98 Å². The van der Waals surface area contributed by atoms with Crippen molar-refractivity contribution in [3.8, 4) is 28.5 Å². The zero-order valence-corrected chi connectivity index (χ0v) is 18.1. The van der Waals surface area contributed by atoms with Gasteiger partial charge >= 0.3 is 0 Å². The zero-order valence-electron chi connectivity index (χ0n) is 18.1. The van der Waals surface area contributed by atoms with E-state index in [2.05, 4.69) is 40.8 Å². The number of benzene rings is 1. The van der Waals surface area contributed by atoms with E-state index in [1.54, 1.807) is 19.2 Å². The summed E-state index contributed by atoms with van der Waals surface area (Å²) >= 11 is 0. The van der Waals surface area contributed by atoms with Crippen LogP contribution >= 0.6 is 0 Å². The first-order valence-electron chi connectivity index (χ1n) is 11.5. The summed E-state index contributed by atoms with van der Waals surface area (Å²) in [5.74, 6) is 1.77. The number of fused-ring (bicyclic) bond motifs is 2. The van der Waals surface area contributed by atoms with Gasteiger partial charge in [-0.15, -0.1) is 20.4 Å². The Morgan fingerprint density at radius 3 is 2.44 bits per heavy atom. The molecule has 0 radical (unpaired) electrons. The molecule has 2 aromatic heterocycles. The molecule has 2 N–H and O–H groups in total. The van der Waals surface area contributed by atoms with Gasteiger partial charge in [0.05, 0.1) is 18.8 Å². The fourth-order valence-electron chi connectivity index (χ4n) is 5.26. The quantitative estimate of drug-likeness (QED) is 0.623. The third kappa shape index (κ3) is 3.68. The number of aromatic hydroxyl groups is 1. The Kier molecular flexibility index (Phi) is 4.74. The van der Waals surface area contributed by atoms with E-state index >= 15 is 0 Å². The van der Waals surface area contributed by atoms with Crippen LogP contribution in [-0.2, 0) is 7.05 Å². The summed E-state index contributed by atoms with van der Waals surface area (Å²) in [5, 5.41) is 35.3. The molecule has 166 valence electrons. The lowest BCUT2D eigenvalue weighted by atomic mass is 9.83. The molecule has 3 atom stereocenters. The van der Waals surface area contributed by atoms with Crippen molar-refractivity contribution in [2.75, 3.05) is 4.90 Å². The van der Waals surface area contributed by atoms with E-state index in [0.29, 0.717) is 46.9 Å². The van der Waals surface area contributed by atoms with Crippen LogP contribution < -0.4 is 10.2 Å². The summed E-state index contributed by atoms with van der Waals surface area (Å²) in [5.41, 5.74) is 1.21. The first-order valence-corrected chi connectivity index (χ1v) is 11.5. The first kappa shape index (κ1) is 19.5. The lowest BCUT2D eigenvalue weighted by Crippen LogP contribution is -2.55. The average molecular weight is 434 g/mol. The number of piperidine rings is 2. The number of phenolic OH excluding ortho intramolecular Hbond substituents is 1. The van der Waals surface area contributed by atoms with E-state index in [-0.39, 0.29) is 5.75 Å². The smallest absolute Gasteiger partial charge is 0.205 e. The second kappa shape index (κ2) is 7.77. The molecule has 1 unspecified atom stereocenters. The van der Waals surface area contributed by atoms with Gasteiger partial charge in [-0.2, -0.15) is 4.80 Å². The standard InChI is InChI=1S/C22H27N9O/c1-30-28-21(27-29-30)13-5-8-18(19(32)9-13)22-23-12-20(25-26-22)31(16-6-7-16)17-10-14-3-2-4-15(11-17)24-14/h5,8-9,12,14-17,24,32H,2-4,6-7,10-11H2,1H3/t14-,15+,17?. The van der Waals surface area contributed by atoms with Crippen molar-refractivity contribution in [3.05, 3.63) is 24.4 Å². The molecule has 1 aromatic carbocycles. The lowest BCUT2D eigenvalue weighted by molar-refractivity contribution is 0.215. The third-order valence-electron chi connectivity index (χ3n) is 6.84. The van der Waals surface area contributed by atoms with Crippen molar-refractivity contribution >= 4 is 5.82 Å². The Morgan fingerprint density at radius 1 is 1.00 bits per heavy atom. The van der Waals surface area contributed by atoms with Crippen molar-refractivity contribution in [1.29, 1.82) is 0 Å². The van der Waals surface area contributed by atoms with Gasteiger partial charge in [-0.1, -0.05) is 12.5 Å². The number of hydrogen-bond donors (Lipinski definition) is 2. The summed E-state index contributed by atoms with van der Waals surface area (Å²) in [6, 6.07) is 7.48. The molecule has 2 aliphatic heterocycles. The maximum Gasteiger partial charge on any atom is 0.205 e. The van der Waals surface area contributed by atoms with Crippen molar-refractivity contribution in [1.82, 2.24) is 40.7 Å². The van der Waals surface area contributed by atoms with Gasteiger partial charge in [0, 0.05) is 29.7 Å². The van der Waals surface area contributed by atoms with E-state index in [9.17, 15) is 5.11 Å². The van der Waals surface area contributed by atoms with Crippen LogP contribution in [0.4, 0.5) is 5.82 Å². The van der Waals surface area contributed by atoms with Crippen LogP contribution in [0.5, 0.6) is 5.75 Å². The van der Waals surface area contributed by atoms with Crippen LogP contribution in [0, 0.1) is 0 Å². The minimum Gasteiger partial charge on any atom is -0.507 e. The number of anilines is 1. The van der Waals surface area contributed by atoms with Gasteiger partial charge in [-0.05, 0) is 55.9 Å². The molecular weight excluding hydrogens is 406 g/mol. The van der Waals surface area contributed by atoms with Crippen molar-refractivity contribution < 1.29 is 5.11 Å². The topological polar surface area (TPSA) is 118 Å². The Morgan fingerprint density at radius 2 is 1.81 bits per heavy atom. The minimum atomic E-state index is 0.0646. The van der Waals surface area contributed by atoms with Crippen LogP contribution in [0.1, 0.15) is 44.9 Å². The summed E-state index contributed by atoms with van der Waals surface area (Å²) < 4.78 is 0. The molecule has 0 spiro atoms. The average Bonchev–Trinajstić information content (AvgIpc) is 3.53. The summed E-state index contributed by atoms with van der Waals surface area (Å²) in [7, 11) is 1.70. The maximum atomic E-state index is 10.6. The monoisotopic (exact) mass is 433 g/mol. The van der Waals surface area contributed by atoms with Crippen molar-refractivity contribution in [2.45, 2.75) is 69.1 Å². The Labute approximate surface area is 186 Å². The van der Waals surface area contributed by atoms with E-state index < -0.39 is 0 Å². The van der Waals surface area contributed by atoms with Crippen molar-refractivity contribution in [2.24, 2.45) is 7.05 Å². The molecule has 1 saturated carbocycles. The largest absolute Gasteiger partial charge is 0.507 e. The molecule has 6 rings (SSSR count). The molecule has 10 heteroatoms. The normalized spacial score (nSPS) is 25.0. The second-order valence-corrected chi connectivity index (χ2v) is 9.23. The van der Waals surface area contributed by atoms with Gasteiger partial charge in [0.1, 0.15) is 5.75 Å². The van der Waals surface area contributed by atoms with Crippen LogP contribution in [0.25, 0.3) is 22.8 Å².